The summed E-state index contributed by atoms with van der Waals surface area (Å²) in [5.41, 5.74) is 1.34. The molecule has 0 fully saturated rings. The first kappa shape index (κ1) is 9.11. The monoisotopic (exact) mass is 164 g/mol. The molecule has 1 atom stereocenters. The molecule has 2 rings (SSSR count). The third-order valence-electron chi connectivity index (χ3n) is 1.81. The molecular formula is C11H16O. The van der Waals surface area contributed by atoms with Gasteiger partial charge in [0.1, 0.15) is 11.9 Å². The molecule has 0 aromatic heterocycles. The highest BCUT2D eigenvalue weighted by atomic mass is 16.5. The van der Waals surface area contributed by atoms with Crippen molar-refractivity contribution < 1.29 is 4.74 Å². The lowest BCUT2D eigenvalue weighted by Gasteiger charge is -2.00. The predicted octanol–water partition coefficient (Wildman–Crippen LogP) is 3.04. The Morgan fingerprint density at radius 3 is 2.58 bits per heavy atom. The molecule has 0 radical (unpaired) electrons. The smallest absolute Gasteiger partial charge is 0.123 e. The van der Waals surface area contributed by atoms with Gasteiger partial charge in [0.15, 0.2) is 0 Å². The van der Waals surface area contributed by atoms with Gasteiger partial charge in [0, 0.05) is 6.42 Å². The molecule has 1 aromatic rings. The Labute approximate surface area is 74.4 Å². The summed E-state index contributed by atoms with van der Waals surface area (Å²) < 4.78 is 5.51. The molecule has 0 aliphatic carbocycles. The zero-order valence-corrected chi connectivity index (χ0v) is 8.00. The molecule has 1 aliphatic heterocycles. The lowest BCUT2D eigenvalue weighted by Crippen LogP contribution is -2.05. The molecule has 1 aromatic carbocycles. The zero-order chi connectivity index (χ0) is 8.97. The molecule has 0 saturated heterocycles. The van der Waals surface area contributed by atoms with Crippen molar-refractivity contribution in [1.29, 1.82) is 0 Å². The van der Waals surface area contributed by atoms with E-state index < -0.39 is 0 Å². The van der Waals surface area contributed by atoms with Crippen molar-refractivity contribution in [3.63, 3.8) is 0 Å². The highest BCUT2D eigenvalue weighted by molar-refractivity contribution is 5.36. The summed E-state index contributed by atoms with van der Waals surface area (Å²) in [7, 11) is 0. The van der Waals surface area contributed by atoms with Gasteiger partial charge in [-0.15, -0.1) is 0 Å². The van der Waals surface area contributed by atoms with Crippen LogP contribution in [0.25, 0.3) is 0 Å². The predicted molar refractivity (Wildman–Crippen MR) is 51.6 cm³/mol. The fraction of sp³-hybridized carbons (Fsp3) is 0.455. The summed E-state index contributed by atoms with van der Waals surface area (Å²) >= 11 is 0. The van der Waals surface area contributed by atoms with Crippen molar-refractivity contribution >= 4 is 0 Å². The quantitative estimate of drug-likeness (QED) is 0.572. The molecule has 1 heterocycles. The molecule has 1 nitrogen and oxygen atoms in total. The largest absolute Gasteiger partial charge is 0.490 e. The van der Waals surface area contributed by atoms with Crippen LogP contribution in [-0.4, -0.2) is 6.10 Å². The number of hydrogen-bond donors (Lipinski definition) is 0. The maximum Gasteiger partial charge on any atom is 0.123 e. The third-order valence-corrected chi connectivity index (χ3v) is 1.81. The van der Waals surface area contributed by atoms with E-state index in [1.165, 1.54) is 5.56 Å². The molecule has 0 saturated carbocycles. The molecule has 1 heteroatoms. The first-order valence-corrected chi connectivity index (χ1v) is 4.61. The van der Waals surface area contributed by atoms with Gasteiger partial charge in [0.2, 0.25) is 0 Å². The van der Waals surface area contributed by atoms with E-state index in [0.29, 0.717) is 6.10 Å². The minimum atomic E-state index is 0.373. The minimum Gasteiger partial charge on any atom is -0.490 e. The van der Waals surface area contributed by atoms with Crippen LogP contribution in [0.2, 0.25) is 0 Å². The summed E-state index contributed by atoms with van der Waals surface area (Å²) in [6, 6.07) is 8.22. The second-order valence-corrected chi connectivity index (χ2v) is 2.74. The molecule has 1 aliphatic rings. The van der Waals surface area contributed by atoms with Crippen LogP contribution in [0.15, 0.2) is 24.3 Å². The first-order valence-electron chi connectivity index (χ1n) is 4.61. The first-order chi connectivity index (χ1) is 5.86. The van der Waals surface area contributed by atoms with Crippen molar-refractivity contribution in [2.45, 2.75) is 33.3 Å². The molecule has 0 N–H and O–H groups in total. The van der Waals surface area contributed by atoms with Crippen LogP contribution in [-0.2, 0) is 6.42 Å². The van der Waals surface area contributed by atoms with Crippen LogP contribution >= 0.6 is 0 Å². The number of fused-ring (bicyclic) bond motifs is 1. The normalized spacial score (nSPS) is 18.8. The minimum absolute atomic E-state index is 0.373. The average Bonchev–Trinajstić information content (AvgIpc) is 2.48. The Bertz CT molecular complexity index is 218. The van der Waals surface area contributed by atoms with Crippen molar-refractivity contribution in [3.8, 4) is 5.75 Å². The Morgan fingerprint density at radius 1 is 1.25 bits per heavy atom. The Balaban J connectivity index is 0.000000336. The summed E-state index contributed by atoms with van der Waals surface area (Å²) in [6.45, 7) is 6.10. The number of ether oxygens (including phenoxy) is 1. The van der Waals surface area contributed by atoms with Crippen molar-refractivity contribution in [2.24, 2.45) is 0 Å². The summed E-state index contributed by atoms with van der Waals surface area (Å²) in [5.74, 6) is 1.06. The van der Waals surface area contributed by atoms with Gasteiger partial charge in [0.25, 0.3) is 0 Å². The molecule has 12 heavy (non-hydrogen) atoms. The number of hydrogen-bond acceptors (Lipinski definition) is 1. The van der Waals surface area contributed by atoms with Gasteiger partial charge in [-0.25, -0.2) is 0 Å². The van der Waals surface area contributed by atoms with E-state index in [1.54, 1.807) is 0 Å². The Morgan fingerprint density at radius 2 is 1.92 bits per heavy atom. The van der Waals surface area contributed by atoms with Gasteiger partial charge in [-0.1, -0.05) is 32.0 Å². The topological polar surface area (TPSA) is 9.23 Å². The van der Waals surface area contributed by atoms with E-state index in [9.17, 15) is 0 Å². The van der Waals surface area contributed by atoms with Crippen molar-refractivity contribution in [3.05, 3.63) is 29.8 Å². The molecule has 0 bridgehead atoms. The SMILES string of the molecule is CC.CC1Cc2ccccc2O1. The number of rotatable bonds is 0. The van der Waals surface area contributed by atoms with Crippen molar-refractivity contribution in [2.75, 3.05) is 0 Å². The average molecular weight is 164 g/mol. The second-order valence-electron chi connectivity index (χ2n) is 2.74. The second kappa shape index (κ2) is 4.15. The lowest BCUT2D eigenvalue weighted by molar-refractivity contribution is 0.254. The van der Waals surface area contributed by atoms with Gasteiger partial charge in [0.05, 0.1) is 0 Å². The van der Waals surface area contributed by atoms with Crippen LogP contribution in [0, 0.1) is 0 Å². The van der Waals surface area contributed by atoms with Crippen LogP contribution in [0.5, 0.6) is 5.75 Å². The van der Waals surface area contributed by atoms with E-state index in [1.807, 2.05) is 26.0 Å². The lowest BCUT2D eigenvalue weighted by atomic mass is 10.1. The van der Waals surface area contributed by atoms with Crippen LogP contribution in [0.1, 0.15) is 26.3 Å². The maximum atomic E-state index is 5.51. The van der Waals surface area contributed by atoms with E-state index in [4.69, 9.17) is 4.74 Å². The van der Waals surface area contributed by atoms with E-state index in [-0.39, 0.29) is 0 Å². The van der Waals surface area contributed by atoms with Gasteiger partial charge in [-0.2, -0.15) is 0 Å². The van der Waals surface area contributed by atoms with Crippen LogP contribution in [0.4, 0.5) is 0 Å². The van der Waals surface area contributed by atoms with Gasteiger partial charge in [-0.05, 0) is 18.6 Å². The molecular weight excluding hydrogens is 148 g/mol. The van der Waals surface area contributed by atoms with Gasteiger partial charge in [-0.3, -0.25) is 0 Å². The van der Waals surface area contributed by atoms with Crippen molar-refractivity contribution in [1.82, 2.24) is 0 Å². The van der Waals surface area contributed by atoms with Crippen LogP contribution < -0.4 is 4.74 Å². The van der Waals surface area contributed by atoms with E-state index >= 15 is 0 Å². The third kappa shape index (κ3) is 1.79. The molecule has 0 amide bonds. The standard InChI is InChI=1S/C9H10O.C2H6/c1-7-6-8-4-2-3-5-9(8)10-7;1-2/h2-5,7H,6H2,1H3;1-2H3. The fourth-order valence-electron chi connectivity index (χ4n) is 1.36. The zero-order valence-electron chi connectivity index (χ0n) is 8.00. The van der Waals surface area contributed by atoms with Gasteiger partial charge < -0.3 is 4.74 Å². The Hall–Kier alpha value is -0.980. The molecule has 1 unspecified atom stereocenters. The van der Waals surface area contributed by atoms with Crippen LogP contribution in [0.3, 0.4) is 0 Å². The fourth-order valence-corrected chi connectivity index (χ4v) is 1.36. The van der Waals surface area contributed by atoms with E-state index in [0.717, 1.165) is 12.2 Å². The Kier molecular flexibility index (Phi) is 3.15. The highest BCUT2D eigenvalue weighted by Gasteiger charge is 2.16. The van der Waals surface area contributed by atoms with E-state index in [2.05, 4.69) is 19.1 Å². The summed E-state index contributed by atoms with van der Waals surface area (Å²) in [6.07, 6.45) is 1.44. The number of para-hydroxylation sites is 1. The summed E-state index contributed by atoms with van der Waals surface area (Å²) in [4.78, 5) is 0. The molecule has 66 valence electrons. The summed E-state index contributed by atoms with van der Waals surface area (Å²) in [5, 5.41) is 0. The number of benzene rings is 1. The maximum absolute atomic E-state index is 5.51. The molecule has 0 spiro atoms. The highest BCUT2D eigenvalue weighted by Crippen LogP contribution is 2.27. The van der Waals surface area contributed by atoms with Gasteiger partial charge >= 0.3 is 0 Å².